The van der Waals surface area contributed by atoms with Crippen LogP contribution >= 0.6 is 11.3 Å². The Morgan fingerprint density at radius 2 is 2.00 bits per heavy atom. The molecule has 2 aromatic heterocycles. The van der Waals surface area contributed by atoms with Gasteiger partial charge in [0.05, 0.1) is 11.7 Å². The molecule has 3 atom stereocenters. The summed E-state index contributed by atoms with van der Waals surface area (Å²) in [6, 6.07) is 10.7. The van der Waals surface area contributed by atoms with E-state index in [1.165, 1.54) is 4.88 Å². The summed E-state index contributed by atoms with van der Waals surface area (Å²) in [5.74, 6) is 0. The predicted molar refractivity (Wildman–Crippen MR) is 81.1 cm³/mol. The van der Waals surface area contributed by atoms with Crippen LogP contribution in [-0.2, 0) is 0 Å². The largest absolute Gasteiger partial charge is 0.326 e. The summed E-state index contributed by atoms with van der Waals surface area (Å²) in [7, 11) is 2.12. The molecule has 0 saturated heterocycles. The smallest absolute Gasteiger partial charge is 0.0673 e. The van der Waals surface area contributed by atoms with Gasteiger partial charge in [-0.05, 0) is 44.5 Å². The zero-order chi connectivity index (χ0) is 13.8. The number of nitrogens with zero attached hydrogens (tertiary/aromatic N) is 2. The van der Waals surface area contributed by atoms with E-state index in [2.05, 4.69) is 41.4 Å². The molecule has 19 heavy (non-hydrogen) atoms. The maximum absolute atomic E-state index is 6.18. The van der Waals surface area contributed by atoms with Crippen LogP contribution in [0.15, 0.2) is 41.9 Å². The number of likely N-dealkylation sites (N-methyl/N-ethyl adjacent to an activating group) is 1. The highest BCUT2D eigenvalue weighted by Gasteiger charge is 2.26. The van der Waals surface area contributed by atoms with Crippen molar-refractivity contribution in [2.24, 2.45) is 5.73 Å². The van der Waals surface area contributed by atoms with Crippen LogP contribution in [0.1, 0.15) is 36.5 Å². The van der Waals surface area contributed by atoms with Crippen molar-refractivity contribution >= 4 is 11.3 Å². The summed E-state index contributed by atoms with van der Waals surface area (Å²) in [6.07, 6.45) is 1.83. The van der Waals surface area contributed by atoms with Gasteiger partial charge in [0, 0.05) is 23.2 Å². The number of rotatable bonds is 5. The lowest BCUT2D eigenvalue weighted by Gasteiger charge is -2.34. The topological polar surface area (TPSA) is 42.1 Å². The zero-order valence-electron chi connectivity index (χ0n) is 11.7. The Hall–Kier alpha value is -1.23. The van der Waals surface area contributed by atoms with Gasteiger partial charge in [-0.15, -0.1) is 11.3 Å². The average molecular weight is 275 g/mol. The number of aromatic nitrogens is 1. The molecule has 0 aromatic carbocycles. The van der Waals surface area contributed by atoms with Crippen LogP contribution in [0.3, 0.4) is 0 Å². The van der Waals surface area contributed by atoms with Crippen molar-refractivity contribution in [2.45, 2.75) is 32.0 Å². The van der Waals surface area contributed by atoms with Gasteiger partial charge in [-0.2, -0.15) is 0 Å². The molecule has 0 radical (unpaired) electrons. The average Bonchev–Trinajstić information content (AvgIpc) is 2.92. The summed E-state index contributed by atoms with van der Waals surface area (Å²) >= 11 is 1.78. The molecule has 0 aliphatic rings. The number of pyridine rings is 1. The van der Waals surface area contributed by atoms with Gasteiger partial charge in [-0.1, -0.05) is 12.1 Å². The fourth-order valence-corrected chi connectivity index (χ4v) is 3.21. The molecule has 2 aromatic rings. The Morgan fingerprint density at radius 3 is 2.53 bits per heavy atom. The summed E-state index contributed by atoms with van der Waals surface area (Å²) in [6.45, 7) is 4.25. The van der Waals surface area contributed by atoms with Gasteiger partial charge in [-0.25, -0.2) is 0 Å². The van der Waals surface area contributed by atoms with Crippen molar-refractivity contribution < 1.29 is 0 Å². The van der Waals surface area contributed by atoms with Crippen molar-refractivity contribution in [2.75, 3.05) is 7.05 Å². The minimum absolute atomic E-state index is 0.0299. The molecule has 3 unspecified atom stereocenters. The highest BCUT2D eigenvalue weighted by atomic mass is 32.1. The molecular formula is C15H21N3S. The van der Waals surface area contributed by atoms with Crippen molar-refractivity contribution in [1.29, 1.82) is 0 Å². The van der Waals surface area contributed by atoms with E-state index < -0.39 is 0 Å². The standard InChI is InChI=1S/C15H21N3S/c1-11(16)15(13-7-4-5-9-17-13)18(3)12(2)14-8-6-10-19-14/h4-12,15H,16H2,1-3H3. The van der Waals surface area contributed by atoms with E-state index in [9.17, 15) is 0 Å². The van der Waals surface area contributed by atoms with E-state index in [0.29, 0.717) is 6.04 Å². The van der Waals surface area contributed by atoms with Gasteiger partial charge < -0.3 is 5.73 Å². The maximum Gasteiger partial charge on any atom is 0.0673 e. The zero-order valence-corrected chi connectivity index (χ0v) is 12.5. The van der Waals surface area contributed by atoms with Gasteiger partial charge in [0.15, 0.2) is 0 Å². The molecule has 2 heterocycles. The molecule has 0 bridgehead atoms. The summed E-state index contributed by atoms with van der Waals surface area (Å²) < 4.78 is 0. The van der Waals surface area contributed by atoms with Gasteiger partial charge in [0.1, 0.15) is 0 Å². The molecule has 4 heteroatoms. The first-order valence-corrected chi connectivity index (χ1v) is 7.41. The van der Waals surface area contributed by atoms with Gasteiger partial charge in [-0.3, -0.25) is 9.88 Å². The van der Waals surface area contributed by atoms with E-state index in [4.69, 9.17) is 5.73 Å². The first-order valence-electron chi connectivity index (χ1n) is 6.53. The first-order chi connectivity index (χ1) is 9.11. The van der Waals surface area contributed by atoms with Crippen LogP contribution in [0.5, 0.6) is 0 Å². The highest BCUT2D eigenvalue weighted by molar-refractivity contribution is 7.10. The van der Waals surface area contributed by atoms with Crippen molar-refractivity contribution in [3.05, 3.63) is 52.5 Å². The molecule has 0 saturated carbocycles. The second-order valence-electron chi connectivity index (χ2n) is 4.92. The minimum atomic E-state index is 0.0299. The SMILES string of the molecule is CC(N)C(c1ccccn1)N(C)C(C)c1cccs1. The Morgan fingerprint density at radius 1 is 1.21 bits per heavy atom. The lowest BCUT2D eigenvalue weighted by atomic mass is 10.0. The third-order valence-corrected chi connectivity index (χ3v) is 4.54. The molecule has 2 N–H and O–H groups in total. The van der Waals surface area contributed by atoms with Crippen LogP contribution in [0, 0.1) is 0 Å². The third kappa shape index (κ3) is 3.21. The lowest BCUT2D eigenvalue weighted by molar-refractivity contribution is 0.164. The molecular weight excluding hydrogens is 254 g/mol. The second kappa shape index (κ2) is 6.28. The van der Waals surface area contributed by atoms with Crippen LogP contribution in [-0.4, -0.2) is 23.0 Å². The second-order valence-corrected chi connectivity index (χ2v) is 5.89. The van der Waals surface area contributed by atoms with Crippen LogP contribution < -0.4 is 5.73 Å². The quantitative estimate of drug-likeness (QED) is 0.911. The number of hydrogen-bond acceptors (Lipinski definition) is 4. The first kappa shape index (κ1) is 14.2. The summed E-state index contributed by atoms with van der Waals surface area (Å²) in [5.41, 5.74) is 7.21. The van der Waals surface area contributed by atoms with Crippen LogP contribution in [0.2, 0.25) is 0 Å². The van der Waals surface area contributed by atoms with Gasteiger partial charge >= 0.3 is 0 Å². The molecule has 0 spiro atoms. The number of thiophene rings is 1. The molecule has 0 fully saturated rings. The molecule has 0 amide bonds. The number of nitrogens with two attached hydrogens (primary N) is 1. The van der Waals surface area contributed by atoms with Gasteiger partial charge in [0.25, 0.3) is 0 Å². The Bertz CT molecular complexity index is 481. The van der Waals surface area contributed by atoms with Crippen LogP contribution in [0.4, 0.5) is 0 Å². The lowest BCUT2D eigenvalue weighted by Crippen LogP contribution is -2.38. The Labute approximate surface area is 119 Å². The molecule has 102 valence electrons. The van der Waals surface area contributed by atoms with Crippen molar-refractivity contribution in [3.8, 4) is 0 Å². The predicted octanol–water partition coefficient (Wildman–Crippen LogP) is 3.22. The third-order valence-electron chi connectivity index (χ3n) is 3.49. The molecule has 0 aliphatic heterocycles. The Balaban J connectivity index is 2.25. The fraction of sp³-hybridized carbons (Fsp3) is 0.400. The Kier molecular flexibility index (Phi) is 4.69. The molecule has 2 rings (SSSR count). The highest BCUT2D eigenvalue weighted by Crippen LogP contribution is 2.31. The summed E-state index contributed by atoms with van der Waals surface area (Å²) in [4.78, 5) is 8.12. The van der Waals surface area contributed by atoms with E-state index in [-0.39, 0.29) is 12.1 Å². The van der Waals surface area contributed by atoms with E-state index in [1.807, 2.05) is 31.3 Å². The number of hydrogen-bond donors (Lipinski definition) is 1. The fourth-order valence-electron chi connectivity index (χ4n) is 2.37. The maximum atomic E-state index is 6.18. The normalized spacial score (nSPS) is 16.3. The monoisotopic (exact) mass is 275 g/mol. The minimum Gasteiger partial charge on any atom is -0.326 e. The summed E-state index contributed by atoms with van der Waals surface area (Å²) in [5, 5.41) is 2.11. The van der Waals surface area contributed by atoms with Crippen molar-refractivity contribution in [1.82, 2.24) is 9.88 Å². The van der Waals surface area contributed by atoms with Gasteiger partial charge in [0.2, 0.25) is 0 Å². The van der Waals surface area contributed by atoms with Crippen LogP contribution in [0.25, 0.3) is 0 Å². The molecule has 3 nitrogen and oxygen atoms in total. The molecule has 0 aliphatic carbocycles. The van der Waals surface area contributed by atoms with E-state index in [0.717, 1.165) is 5.69 Å². The van der Waals surface area contributed by atoms with E-state index in [1.54, 1.807) is 11.3 Å². The van der Waals surface area contributed by atoms with E-state index >= 15 is 0 Å². The van der Waals surface area contributed by atoms with Crippen molar-refractivity contribution in [3.63, 3.8) is 0 Å².